The molecule has 3 N–H and O–H groups in total. The molecule has 1 saturated heterocycles. The summed E-state index contributed by atoms with van der Waals surface area (Å²) in [6, 6.07) is 5.75. The largest absolute Gasteiger partial charge is 0.328 e. The lowest BCUT2D eigenvalue weighted by atomic mass is 10.0. The van der Waals surface area contributed by atoms with Crippen LogP contribution in [0.15, 0.2) is 18.2 Å². The molecule has 1 aromatic rings. The Morgan fingerprint density at radius 3 is 2.86 bits per heavy atom. The normalized spacial score (nSPS) is 19.9. The number of nitrogens with two attached hydrogens (primary N) is 1. The lowest BCUT2D eigenvalue weighted by Gasteiger charge is -2.17. The summed E-state index contributed by atoms with van der Waals surface area (Å²) in [6.07, 6.45) is 1.07. The maximum Gasteiger partial charge on any atom is 0.238 e. The van der Waals surface area contributed by atoms with Gasteiger partial charge in [-0.2, -0.15) is 0 Å². The molecule has 0 saturated carbocycles. The quantitative estimate of drug-likeness (QED) is 0.891. The molecule has 0 spiro atoms. The predicted molar refractivity (Wildman–Crippen MR) is 90.3 cm³/mol. The zero-order valence-electron chi connectivity index (χ0n) is 12.4. The lowest BCUT2D eigenvalue weighted by Crippen LogP contribution is -2.34. The van der Waals surface area contributed by atoms with Crippen LogP contribution < -0.4 is 11.1 Å². The second kappa shape index (κ2) is 7.99. The minimum atomic E-state index is -0.00440. The number of aryl methyl sites for hydroxylation is 1. The zero-order chi connectivity index (χ0) is 14.7. The van der Waals surface area contributed by atoms with Crippen LogP contribution in [0.25, 0.3) is 0 Å². The Morgan fingerprint density at radius 2 is 2.29 bits per heavy atom. The molecule has 1 fully saturated rings. The summed E-state index contributed by atoms with van der Waals surface area (Å²) in [5.74, 6) is 0.492. The van der Waals surface area contributed by atoms with Gasteiger partial charge in [0.1, 0.15) is 0 Å². The predicted octanol–water partition coefficient (Wildman–Crippen LogP) is 2.68. The van der Waals surface area contributed by atoms with E-state index in [1.807, 2.05) is 26.0 Å². The number of halogens is 2. The number of benzene rings is 1. The van der Waals surface area contributed by atoms with Crippen LogP contribution in [0.4, 0.5) is 5.69 Å². The molecule has 1 amide bonds. The van der Waals surface area contributed by atoms with Crippen molar-refractivity contribution in [3.63, 3.8) is 0 Å². The van der Waals surface area contributed by atoms with Crippen molar-refractivity contribution in [3.05, 3.63) is 28.8 Å². The van der Waals surface area contributed by atoms with Gasteiger partial charge in [-0.25, -0.2) is 0 Å². The van der Waals surface area contributed by atoms with E-state index in [1.165, 1.54) is 0 Å². The minimum Gasteiger partial charge on any atom is -0.328 e. The number of nitrogens with zero attached hydrogens (tertiary/aromatic N) is 1. The Morgan fingerprint density at radius 1 is 1.57 bits per heavy atom. The summed E-state index contributed by atoms with van der Waals surface area (Å²) in [4.78, 5) is 14.2. The van der Waals surface area contributed by atoms with Gasteiger partial charge in [0.15, 0.2) is 0 Å². The van der Waals surface area contributed by atoms with Crippen LogP contribution in [-0.4, -0.2) is 36.5 Å². The molecule has 0 aliphatic carbocycles. The molecule has 0 aromatic heterocycles. The van der Waals surface area contributed by atoms with Crippen molar-refractivity contribution < 1.29 is 4.79 Å². The van der Waals surface area contributed by atoms with Crippen LogP contribution in [0.5, 0.6) is 0 Å². The summed E-state index contributed by atoms with van der Waals surface area (Å²) in [5.41, 5.74) is 7.65. The van der Waals surface area contributed by atoms with Gasteiger partial charge in [-0.05, 0) is 50.4 Å². The highest BCUT2D eigenvalue weighted by atomic mass is 35.5. The number of hydrogen-bond donors (Lipinski definition) is 2. The van der Waals surface area contributed by atoms with Crippen LogP contribution >= 0.6 is 24.0 Å². The number of rotatable bonds is 4. The van der Waals surface area contributed by atoms with E-state index in [0.29, 0.717) is 17.5 Å². The molecule has 1 heterocycles. The second-order valence-electron chi connectivity index (χ2n) is 5.66. The van der Waals surface area contributed by atoms with Crippen LogP contribution in [-0.2, 0) is 4.79 Å². The molecule has 118 valence electrons. The highest BCUT2D eigenvalue weighted by Gasteiger charge is 2.26. The average molecular weight is 332 g/mol. The number of amides is 1. The van der Waals surface area contributed by atoms with E-state index in [2.05, 4.69) is 10.2 Å². The molecular formula is C15H23Cl2N3O. The summed E-state index contributed by atoms with van der Waals surface area (Å²) >= 11 is 6.05. The van der Waals surface area contributed by atoms with Crippen molar-refractivity contribution in [2.45, 2.75) is 26.3 Å². The molecule has 0 radical (unpaired) electrons. The summed E-state index contributed by atoms with van der Waals surface area (Å²) in [7, 11) is 0. The topological polar surface area (TPSA) is 58.4 Å². The third kappa shape index (κ3) is 5.15. The van der Waals surface area contributed by atoms with E-state index < -0.39 is 0 Å². The smallest absolute Gasteiger partial charge is 0.238 e. The average Bonchev–Trinajstić information content (AvgIpc) is 2.82. The maximum atomic E-state index is 12.0. The maximum absolute atomic E-state index is 12.0. The van der Waals surface area contributed by atoms with Gasteiger partial charge in [0.2, 0.25) is 5.91 Å². The number of nitrogens with one attached hydrogen (secondary N) is 1. The van der Waals surface area contributed by atoms with Crippen LogP contribution in [0, 0.1) is 12.8 Å². The monoisotopic (exact) mass is 331 g/mol. The third-order valence-electron chi connectivity index (χ3n) is 3.88. The van der Waals surface area contributed by atoms with Gasteiger partial charge in [-0.15, -0.1) is 12.4 Å². The fourth-order valence-electron chi connectivity index (χ4n) is 2.51. The van der Waals surface area contributed by atoms with Crippen molar-refractivity contribution in [3.8, 4) is 0 Å². The van der Waals surface area contributed by atoms with Crippen LogP contribution in [0.3, 0.4) is 0 Å². The van der Waals surface area contributed by atoms with Gasteiger partial charge in [-0.1, -0.05) is 17.7 Å². The number of anilines is 1. The Balaban J connectivity index is 0.00000220. The van der Waals surface area contributed by atoms with Crippen molar-refractivity contribution in [1.82, 2.24) is 4.90 Å². The first-order valence-corrected chi connectivity index (χ1v) is 7.37. The van der Waals surface area contributed by atoms with Crippen molar-refractivity contribution in [2.24, 2.45) is 11.7 Å². The van der Waals surface area contributed by atoms with Crippen molar-refractivity contribution >= 4 is 35.6 Å². The first kappa shape index (κ1) is 18.2. The van der Waals surface area contributed by atoms with Gasteiger partial charge in [0.25, 0.3) is 0 Å². The molecule has 21 heavy (non-hydrogen) atoms. The fourth-order valence-corrected chi connectivity index (χ4v) is 2.69. The molecule has 4 nitrogen and oxygen atoms in total. The molecule has 0 bridgehead atoms. The summed E-state index contributed by atoms with van der Waals surface area (Å²) < 4.78 is 0. The standard InChI is InChI=1S/C15H22ClN3O.ClH/c1-10-3-4-13(7-14(10)16)18-15(20)9-19-6-5-12(8-19)11(2)17;/h3-4,7,11-12H,5-6,8-9,17H2,1-2H3,(H,18,20);1H. The minimum absolute atomic E-state index is 0. The molecule has 1 aliphatic heterocycles. The van der Waals surface area contributed by atoms with E-state index in [0.717, 1.165) is 30.8 Å². The first-order valence-electron chi connectivity index (χ1n) is 6.99. The Labute approximate surface area is 137 Å². The van der Waals surface area contributed by atoms with Crippen molar-refractivity contribution in [1.29, 1.82) is 0 Å². The van der Waals surface area contributed by atoms with E-state index in [9.17, 15) is 4.79 Å². The van der Waals surface area contributed by atoms with E-state index in [4.69, 9.17) is 17.3 Å². The molecule has 2 unspecified atom stereocenters. The van der Waals surface area contributed by atoms with Crippen LogP contribution in [0.1, 0.15) is 18.9 Å². The fraction of sp³-hybridized carbons (Fsp3) is 0.533. The summed E-state index contributed by atoms with van der Waals surface area (Å²) in [5, 5.41) is 3.55. The molecule has 2 atom stereocenters. The number of hydrogen-bond acceptors (Lipinski definition) is 3. The van der Waals surface area contributed by atoms with Gasteiger partial charge in [0.05, 0.1) is 6.54 Å². The van der Waals surface area contributed by atoms with Crippen molar-refractivity contribution in [2.75, 3.05) is 25.0 Å². The summed E-state index contributed by atoms with van der Waals surface area (Å²) in [6.45, 7) is 6.22. The zero-order valence-corrected chi connectivity index (χ0v) is 14.0. The highest BCUT2D eigenvalue weighted by molar-refractivity contribution is 6.31. The first-order chi connectivity index (χ1) is 9.45. The molecular weight excluding hydrogens is 309 g/mol. The van der Waals surface area contributed by atoms with E-state index in [-0.39, 0.29) is 24.4 Å². The number of likely N-dealkylation sites (tertiary alicyclic amines) is 1. The molecule has 1 aliphatic rings. The highest BCUT2D eigenvalue weighted by Crippen LogP contribution is 2.21. The van der Waals surface area contributed by atoms with Gasteiger partial charge in [0, 0.05) is 23.3 Å². The SMILES string of the molecule is Cc1ccc(NC(=O)CN2CCC(C(C)N)C2)cc1Cl.Cl. The molecule has 6 heteroatoms. The van der Waals surface area contributed by atoms with Crippen LogP contribution in [0.2, 0.25) is 5.02 Å². The van der Waals surface area contributed by atoms with Gasteiger partial charge >= 0.3 is 0 Å². The third-order valence-corrected chi connectivity index (χ3v) is 4.28. The number of carbonyl (C=O) groups is 1. The lowest BCUT2D eigenvalue weighted by molar-refractivity contribution is -0.117. The Hall–Kier alpha value is -0.810. The van der Waals surface area contributed by atoms with E-state index >= 15 is 0 Å². The molecule has 2 rings (SSSR count). The molecule has 1 aromatic carbocycles. The Kier molecular flexibility index (Phi) is 6.94. The second-order valence-corrected chi connectivity index (χ2v) is 6.06. The number of carbonyl (C=O) groups excluding carboxylic acids is 1. The van der Waals surface area contributed by atoms with E-state index in [1.54, 1.807) is 6.07 Å². The van der Waals surface area contributed by atoms with Gasteiger partial charge < -0.3 is 11.1 Å². The van der Waals surface area contributed by atoms with Gasteiger partial charge in [-0.3, -0.25) is 9.69 Å². The Bertz CT molecular complexity index is 494.